The van der Waals surface area contributed by atoms with Gasteiger partial charge in [0.2, 0.25) is 5.91 Å². The first-order valence-electron chi connectivity index (χ1n) is 8.72. The Hall–Kier alpha value is -3.12. The highest BCUT2D eigenvalue weighted by atomic mass is 35.5. The lowest BCUT2D eigenvalue weighted by molar-refractivity contribution is -0.117. The number of amides is 1. The third-order valence-corrected chi connectivity index (χ3v) is 4.52. The number of anilines is 1. The average molecular weight is 398 g/mol. The van der Waals surface area contributed by atoms with Gasteiger partial charge in [-0.3, -0.25) is 9.59 Å². The second-order valence-electron chi connectivity index (χ2n) is 6.29. The second-order valence-corrected chi connectivity index (χ2v) is 6.70. The number of aromatic nitrogens is 2. The Morgan fingerprint density at radius 2 is 1.86 bits per heavy atom. The van der Waals surface area contributed by atoms with Crippen LogP contribution < -0.4 is 15.6 Å². The Morgan fingerprint density at radius 3 is 2.61 bits per heavy atom. The van der Waals surface area contributed by atoms with Crippen molar-refractivity contribution in [2.24, 2.45) is 0 Å². The summed E-state index contributed by atoms with van der Waals surface area (Å²) in [5, 5.41) is 7.33. The fourth-order valence-electron chi connectivity index (χ4n) is 2.92. The third-order valence-electron chi connectivity index (χ3n) is 4.19. The van der Waals surface area contributed by atoms with Crippen molar-refractivity contribution < 1.29 is 9.53 Å². The quantitative estimate of drug-likeness (QED) is 0.691. The number of rotatable bonds is 6. The first kappa shape index (κ1) is 19.6. The highest BCUT2D eigenvalue weighted by Crippen LogP contribution is 2.21. The normalized spacial score (nSPS) is 10.5. The number of methoxy groups -OCH3 is 1. The zero-order chi connectivity index (χ0) is 20.1. The number of carbonyl (C=O) groups is 1. The minimum atomic E-state index is -0.378. The number of nitrogens with one attached hydrogen (secondary N) is 1. The van der Waals surface area contributed by atoms with Crippen molar-refractivity contribution in [3.05, 3.63) is 86.8 Å². The lowest BCUT2D eigenvalue weighted by atomic mass is 10.1. The fraction of sp³-hybridized carbons (Fsp3) is 0.190. The Labute approximate surface area is 167 Å². The van der Waals surface area contributed by atoms with Gasteiger partial charge >= 0.3 is 0 Å². The summed E-state index contributed by atoms with van der Waals surface area (Å²) in [6, 6.07) is 16.2. The van der Waals surface area contributed by atoms with E-state index in [9.17, 15) is 9.59 Å². The lowest BCUT2D eigenvalue weighted by Crippen LogP contribution is -2.32. The Bertz CT molecular complexity index is 1060. The molecule has 2 aromatic carbocycles. The molecule has 0 aliphatic heterocycles. The first-order chi connectivity index (χ1) is 13.5. The molecule has 28 heavy (non-hydrogen) atoms. The largest absolute Gasteiger partial charge is 0.496 e. The van der Waals surface area contributed by atoms with Gasteiger partial charge in [-0.15, -0.1) is 0 Å². The van der Waals surface area contributed by atoms with Crippen LogP contribution in [0.1, 0.15) is 16.8 Å². The van der Waals surface area contributed by atoms with E-state index in [-0.39, 0.29) is 18.0 Å². The van der Waals surface area contributed by atoms with E-state index in [0.29, 0.717) is 34.1 Å². The number of benzene rings is 2. The molecule has 0 aliphatic carbocycles. The summed E-state index contributed by atoms with van der Waals surface area (Å²) in [6.45, 7) is 1.58. The SMILES string of the molecule is COc1ccccc1Cc1cc(C)nn(CC(=O)Nc2ccccc2Cl)c1=O. The molecule has 1 N–H and O–H groups in total. The van der Waals surface area contributed by atoms with Crippen LogP contribution in [0.3, 0.4) is 0 Å². The van der Waals surface area contributed by atoms with E-state index in [1.54, 1.807) is 44.4 Å². The summed E-state index contributed by atoms with van der Waals surface area (Å²) in [5.41, 5.74) is 2.26. The molecule has 0 aliphatic rings. The maximum absolute atomic E-state index is 12.8. The summed E-state index contributed by atoms with van der Waals surface area (Å²) in [6.07, 6.45) is 0.387. The number of hydrogen-bond acceptors (Lipinski definition) is 4. The average Bonchev–Trinajstić information content (AvgIpc) is 2.67. The molecule has 0 fully saturated rings. The van der Waals surface area contributed by atoms with Gasteiger partial charge in [0.15, 0.2) is 0 Å². The lowest BCUT2D eigenvalue weighted by Gasteiger charge is -2.12. The second kappa shape index (κ2) is 8.71. The molecule has 1 heterocycles. The van der Waals surface area contributed by atoms with Crippen LogP contribution in [0.5, 0.6) is 5.75 Å². The van der Waals surface area contributed by atoms with Crippen LogP contribution in [-0.4, -0.2) is 22.8 Å². The molecule has 1 amide bonds. The zero-order valence-corrected chi connectivity index (χ0v) is 16.4. The van der Waals surface area contributed by atoms with Crippen molar-refractivity contribution in [3.8, 4) is 5.75 Å². The van der Waals surface area contributed by atoms with Crippen LogP contribution in [0.4, 0.5) is 5.69 Å². The van der Waals surface area contributed by atoms with E-state index in [2.05, 4.69) is 10.4 Å². The molecular formula is C21H20ClN3O3. The number of para-hydroxylation sites is 2. The minimum absolute atomic E-state index is 0.204. The molecule has 0 spiro atoms. The van der Waals surface area contributed by atoms with Crippen LogP contribution in [-0.2, 0) is 17.8 Å². The minimum Gasteiger partial charge on any atom is -0.496 e. The molecule has 1 aromatic heterocycles. The topological polar surface area (TPSA) is 73.2 Å². The van der Waals surface area contributed by atoms with Crippen LogP contribution >= 0.6 is 11.6 Å². The highest BCUT2D eigenvalue weighted by Gasteiger charge is 2.13. The number of ether oxygens (including phenoxy) is 1. The van der Waals surface area contributed by atoms with E-state index < -0.39 is 0 Å². The molecule has 0 saturated heterocycles. The van der Waals surface area contributed by atoms with Gasteiger partial charge in [-0.25, -0.2) is 4.68 Å². The maximum atomic E-state index is 12.8. The van der Waals surface area contributed by atoms with E-state index in [4.69, 9.17) is 16.3 Å². The molecule has 0 bridgehead atoms. The third kappa shape index (κ3) is 4.58. The van der Waals surface area contributed by atoms with Crippen LogP contribution in [0.15, 0.2) is 59.4 Å². The number of aryl methyl sites for hydroxylation is 1. The van der Waals surface area contributed by atoms with E-state index in [1.165, 1.54) is 4.68 Å². The van der Waals surface area contributed by atoms with E-state index in [1.807, 2.05) is 24.3 Å². The van der Waals surface area contributed by atoms with Gasteiger partial charge in [0, 0.05) is 12.0 Å². The number of nitrogens with zero attached hydrogens (tertiary/aromatic N) is 2. The van der Waals surface area contributed by atoms with Crippen molar-refractivity contribution >= 4 is 23.2 Å². The molecule has 144 valence electrons. The van der Waals surface area contributed by atoms with Crippen LogP contribution in [0.2, 0.25) is 5.02 Å². The molecule has 0 unspecified atom stereocenters. The fourth-order valence-corrected chi connectivity index (χ4v) is 3.10. The van der Waals surface area contributed by atoms with Crippen LogP contribution in [0.25, 0.3) is 0 Å². The van der Waals surface area contributed by atoms with Gasteiger partial charge in [0.25, 0.3) is 5.56 Å². The Kier molecular flexibility index (Phi) is 6.11. The van der Waals surface area contributed by atoms with Gasteiger partial charge in [0.05, 0.1) is 23.5 Å². The van der Waals surface area contributed by atoms with Crippen molar-refractivity contribution in [2.75, 3.05) is 12.4 Å². The molecule has 0 saturated carbocycles. The molecule has 6 nitrogen and oxygen atoms in total. The zero-order valence-electron chi connectivity index (χ0n) is 15.6. The maximum Gasteiger partial charge on any atom is 0.270 e. The van der Waals surface area contributed by atoms with Crippen molar-refractivity contribution in [1.82, 2.24) is 9.78 Å². The summed E-state index contributed by atoms with van der Waals surface area (Å²) in [7, 11) is 1.59. The monoisotopic (exact) mass is 397 g/mol. The van der Waals surface area contributed by atoms with Crippen molar-refractivity contribution in [2.45, 2.75) is 19.9 Å². The number of halogens is 1. The van der Waals surface area contributed by atoms with Gasteiger partial charge in [0.1, 0.15) is 12.3 Å². The molecule has 3 aromatic rings. The predicted octanol–water partition coefficient (Wildman–Crippen LogP) is 3.44. The van der Waals surface area contributed by atoms with Crippen molar-refractivity contribution in [3.63, 3.8) is 0 Å². The van der Waals surface area contributed by atoms with Gasteiger partial charge < -0.3 is 10.1 Å². The standard InChI is InChI=1S/C21H20ClN3O3/c1-14-11-16(12-15-7-3-6-10-19(15)28-2)21(27)25(24-14)13-20(26)23-18-9-5-4-8-17(18)22/h3-11H,12-13H2,1-2H3,(H,23,26). The van der Waals surface area contributed by atoms with E-state index >= 15 is 0 Å². The molecule has 0 radical (unpaired) electrons. The van der Waals surface area contributed by atoms with Gasteiger partial charge in [-0.05, 0) is 36.8 Å². The van der Waals surface area contributed by atoms with Gasteiger partial charge in [-0.1, -0.05) is 41.9 Å². The molecule has 0 atom stereocenters. The predicted molar refractivity (Wildman–Crippen MR) is 109 cm³/mol. The Morgan fingerprint density at radius 1 is 1.14 bits per heavy atom. The molecule has 3 rings (SSSR count). The molecular weight excluding hydrogens is 378 g/mol. The highest BCUT2D eigenvalue weighted by molar-refractivity contribution is 6.33. The summed E-state index contributed by atoms with van der Waals surface area (Å²) in [5.74, 6) is 0.330. The smallest absolute Gasteiger partial charge is 0.270 e. The summed E-state index contributed by atoms with van der Waals surface area (Å²) in [4.78, 5) is 25.2. The summed E-state index contributed by atoms with van der Waals surface area (Å²) >= 11 is 6.06. The first-order valence-corrected chi connectivity index (χ1v) is 9.09. The Balaban J connectivity index is 1.84. The summed E-state index contributed by atoms with van der Waals surface area (Å²) < 4.78 is 6.53. The number of carbonyl (C=O) groups excluding carboxylic acids is 1. The van der Waals surface area contributed by atoms with E-state index in [0.717, 1.165) is 5.56 Å². The molecule has 7 heteroatoms. The van der Waals surface area contributed by atoms with Gasteiger partial charge in [-0.2, -0.15) is 5.10 Å². The van der Waals surface area contributed by atoms with Crippen molar-refractivity contribution in [1.29, 1.82) is 0 Å². The van der Waals surface area contributed by atoms with Crippen LogP contribution in [0, 0.1) is 6.92 Å². The number of hydrogen-bond donors (Lipinski definition) is 1.